The Morgan fingerprint density at radius 3 is 1.88 bits per heavy atom. The van der Waals surface area contributed by atoms with E-state index in [9.17, 15) is 5.26 Å². The lowest BCUT2D eigenvalue weighted by Gasteiger charge is -2.06. The third kappa shape index (κ3) is 4.28. The fourth-order valence-corrected chi connectivity index (χ4v) is 4.03. The summed E-state index contributed by atoms with van der Waals surface area (Å²) >= 11 is 6.27. The van der Waals surface area contributed by atoms with Gasteiger partial charge in [-0.25, -0.2) is 4.99 Å². The Morgan fingerprint density at radius 2 is 1.24 bits per heavy atom. The quantitative estimate of drug-likeness (QED) is 0.248. The number of hydrogen-bond donors (Lipinski definition) is 0. The Hall–Kier alpha value is -4.39. The second kappa shape index (κ2) is 9.62. The molecule has 34 heavy (non-hydrogen) atoms. The minimum atomic E-state index is 0.253. The van der Waals surface area contributed by atoms with Crippen molar-refractivity contribution >= 4 is 23.7 Å². The van der Waals surface area contributed by atoms with Crippen LogP contribution in [0.25, 0.3) is 33.6 Å². The highest BCUT2D eigenvalue weighted by molar-refractivity contribution is 6.33. The summed E-state index contributed by atoms with van der Waals surface area (Å²) in [7, 11) is 0. The smallest absolute Gasteiger partial charge is 0.238 e. The molecule has 0 spiro atoms. The Labute approximate surface area is 203 Å². The monoisotopic (exact) mass is 458 g/mol. The number of hydrogen-bond acceptors (Lipinski definition) is 3. The molecule has 0 aliphatic heterocycles. The Kier molecular flexibility index (Phi) is 6.07. The van der Waals surface area contributed by atoms with Crippen molar-refractivity contribution in [1.82, 2.24) is 0 Å². The van der Waals surface area contributed by atoms with Crippen molar-refractivity contribution in [3.63, 3.8) is 0 Å². The minimum absolute atomic E-state index is 0.253. The molecule has 0 unspecified atom stereocenters. The first-order valence-corrected chi connectivity index (χ1v) is 11.2. The molecule has 4 aromatic carbocycles. The first-order valence-electron chi connectivity index (χ1n) is 10.8. The van der Waals surface area contributed by atoms with Crippen molar-refractivity contribution in [1.29, 1.82) is 5.26 Å². The van der Waals surface area contributed by atoms with Gasteiger partial charge in [0.05, 0.1) is 0 Å². The van der Waals surface area contributed by atoms with Crippen molar-refractivity contribution in [3.05, 3.63) is 125 Å². The zero-order valence-electron chi connectivity index (χ0n) is 18.2. The first kappa shape index (κ1) is 21.5. The Morgan fingerprint density at radius 1 is 0.676 bits per heavy atom. The minimum Gasteiger partial charge on any atom is -0.436 e. The fraction of sp³-hybridized carbons (Fsp3) is 0. The average Bonchev–Trinajstić information content (AvgIpc) is 3.28. The van der Waals surface area contributed by atoms with Crippen LogP contribution >= 0.6 is 11.6 Å². The number of nitrogens with zero attached hydrogens (tertiary/aromatic N) is 2. The molecule has 1 heterocycles. The van der Waals surface area contributed by atoms with E-state index in [0.717, 1.165) is 33.4 Å². The molecule has 5 rings (SSSR count). The maximum absolute atomic E-state index is 10.1. The van der Waals surface area contributed by atoms with Crippen LogP contribution in [0.3, 0.4) is 0 Å². The largest absolute Gasteiger partial charge is 0.436 e. The number of halogens is 1. The molecule has 0 amide bonds. The molecule has 0 fully saturated rings. The predicted molar refractivity (Wildman–Crippen MR) is 138 cm³/mol. The summed E-state index contributed by atoms with van der Waals surface area (Å²) in [6.07, 6.45) is 1.62. The Bertz CT molecular complexity index is 1500. The van der Waals surface area contributed by atoms with Gasteiger partial charge in [-0.05, 0) is 22.8 Å². The highest BCUT2D eigenvalue weighted by Gasteiger charge is 2.22. The third-order valence-electron chi connectivity index (χ3n) is 5.54. The molecule has 0 saturated heterocycles. The maximum Gasteiger partial charge on any atom is 0.238 e. The lowest BCUT2D eigenvalue weighted by molar-refractivity contribution is 0.593. The van der Waals surface area contributed by atoms with Crippen LogP contribution in [0.5, 0.6) is 0 Å². The molecular weight excluding hydrogens is 440 g/mol. The van der Waals surface area contributed by atoms with E-state index in [0.29, 0.717) is 16.3 Å². The van der Waals surface area contributed by atoms with E-state index in [-0.39, 0.29) is 5.88 Å². The number of nitriles is 1. The summed E-state index contributed by atoms with van der Waals surface area (Å²) in [6.45, 7) is 0. The molecule has 0 radical (unpaired) electrons. The van der Waals surface area contributed by atoms with Crippen LogP contribution in [0.2, 0.25) is 5.02 Å². The van der Waals surface area contributed by atoms with Gasteiger partial charge in [-0.3, -0.25) is 0 Å². The number of rotatable bonds is 5. The number of aliphatic imine (C=N–C) groups is 1. The molecule has 162 valence electrons. The van der Waals surface area contributed by atoms with Crippen LogP contribution in [0, 0.1) is 11.3 Å². The molecule has 0 aliphatic rings. The number of furan rings is 1. The van der Waals surface area contributed by atoms with Crippen LogP contribution in [0.1, 0.15) is 11.1 Å². The summed E-state index contributed by atoms with van der Waals surface area (Å²) in [6, 6.07) is 37.8. The van der Waals surface area contributed by atoms with E-state index < -0.39 is 0 Å². The summed E-state index contributed by atoms with van der Waals surface area (Å²) < 4.78 is 6.22. The maximum atomic E-state index is 10.1. The van der Waals surface area contributed by atoms with Crippen LogP contribution in [-0.4, -0.2) is 6.21 Å². The summed E-state index contributed by atoms with van der Waals surface area (Å²) in [4.78, 5) is 4.51. The van der Waals surface area contributed by atoms with Crippen LogP contribution < -0.4 is 0 Å². The predicted octanol–water partition coefficient (Wildman–Crippen LogP) is 8.56. The molecule has 0 bridgehead atoms. The third-order valence-corrected chi connectivity index (χ3v) is 5.89. The van der Waals surface area contributed by atoms with E-state index in [1.54, 1.807) is 12.3 Å². The Balaban J connectivity index is 1.63. The van der Waals surface area contributed by atoms with Gasteiger partial charge >= 0.3 is 0 Å². The highest BCUT2D eigenvalue weighted by atomic mass is 35.5. The fourth-order valence-electron chi connectivity index (χ4n) is 3.85. The topological polar surface area (TPSA) is 49.3 Å². The second-order valence-corrected chi connectivity index (χ2v) is 8.09. The number of benzene rings is 4. The molecule has 5 aromatic rings. The van der Waals surface area contributed by atoms with Crippen molar-refractivity contribution in [2.24, 2.45) is 4.99 Å². The zero-order chi connectivity index (χ0) is 23.3. The van der Waals surface area contributed by atoms with E-state index in [1.165, 1.54) is 0 Å². The van der Waals surface area contributed by atoms with Gasteiger partial charge in [-0.15, -0.1) is 0 Å². The molecule has 0 atom stereocenters. The van der Waals surface area contributed by atoms with E-state index in [4.69, 9.17) is 16.0 Å². The van der Waals surface area contributed by atoms with Gasteiger partial charge in [0.15, 0.2) is 0 Å². The van der Waals surface area contributed by atoms with Gasteiger partial charge in [0, 0.05) is 27.9 Å². The van der Waals surface area contributed by atoms with Crippen LogP contribution in [0.4, 0.5) is 5.88 Å². The van der Waals surface area contributed by atoms with Gasteiger partial charge in [0.2, 0.25) is 5.88 Å². The van der Waals surface area contributed by atoms with Gasteiger partial charge in [-0.2, -0.15) is 5.26 Å². The average molecular weight is 459 g/mol. The first-order chi connectivity index (χ1) is 16.7. The van der Waals surface area contributed by atoms with E-state index in [1.807, 2.05) is 78.9 Å². The van der Waals surface area contributed by atoms with Crippen LogP contribution in [0.15, 0.2) is 119 Å². The molecular formula is C30H19ClN2O. The zero-order valence-corrected chi connectivity index (χ0v) is 18.9. The van der Waals surface area contributed by atoms with Crippen molar-refractivity contribution < 1.29 is 4.42 Å². The molecule has 3 nitrogen and oxygen atoms in total. The highest BCUT2D eigenvalue weighted by Crippen LogP contribution is 2.43. The lowest BCUT2D eigenvalue weighted by atomic mass is 9.97. The summed E-state index contributed by atoms with van der Waals surface area (Å²) in [5.41, 5.74) is 5.87. The molecule has 4 heteroatoms. The van der Waals surface area contributed by atoms with Crippen molar-refractivity contribution in [3.8, 4) is 39.6 Å². The summed E-state index contributed by atoms with van der Waals surface area (Å²) in [5.74, 6) is 0.858. The second-order valence-electron chi connectivity index (χ2n) is 7.69. The standard InChI is InChI=1S/C30H19ClN2O/c31-27-14-8-7-13-25(27)20-33-30-26(19-32)28(23-11-5-2-6-12-23)29(34-30)24-17-15-22(16-18-24)21-9-3-1-4-10-21/h1-18,20H. The summed E-state index contributed by atoms with van der Waals surface area (Å²) in [5, 5.41) is 10.6. The molecule has 1 aromatic heterocycles. The van der Waals surface area contributed by atoms with Gasteiger partial charge in [-0.1, -0.05) is 115 Å². The van der Waals surface area contributed by atoms with Gasteiger partial charge in [0.1, 0.15) is 17.4 Å². The van der Waals surface area contributed by atoms with Gasteiger partial charge < -0.3 is 4.42 Å². The molecule has 0 N–H and O–H groups in total. The van der Waals surface area contributed by atoms with Crippen LogP contribution in [-0.2, 0) is 0 Å². The normalized spacial score (nSPS) is 10.9. The SMILES string of the molecule is N#Cc1c(N=Cc2ccccc2Cl)oc(-c2ccc(-c3ccccc3)cc2)c1-c1ccccc1. The van der Waals surface area contributed by atoms with E-state index in [2.05, 4.69) is 35.3 Å². The molecule has 0 saturated carbocycles. The molecule has 0 aliphatic carbocycles. The van der Waals surface area contributed by atoms with Gasteiger partial charge in [0.25, 0.3) is 0 Å². The lowest BCUT2D eigenvalue weighted by Crippen LogP contribution is -1.84. The van der Waals surface area contributed by atoms with E-state index >= 15 is 0 Å². The van der Waals surface area contributed by atoms with Crippen molar-refractivity contribution in [2.45, 2.75) is 0 Å². The van der Waals surface area contributed by atoms with Crippen molar-refractivity contribution in [2.75, 3.05) is 0 Å².